The van der Waals surface area contributed by atoms with E-state index >= 15 is 0 Å². The number of nitrogens with one attached hydrogen (secondary N) is 1. The first-order chi connectivity index (χ1) is 12.1. The topological polar surface area (TPSA) is 88.5 Å². The van der Waals surface area contributed by atoms with Crippen molar-refractivity contribution in [2.24, 2.45) is 0 Å². The van der Waals surface area contributed by atoms with E-state index in [1.165, 1.54) is 12.3 Å². The van der Waals surface area contributed by atoms with Crippen molar-refractivity contribution in [1.82, 2.24) is 4.98 Å². The third kappa shape index (κ3) is 2.95. The molecule has 0 aliphatic rings. The molecule has 2 aromatic carbocycles. The second-order valence-corrected chi connectivity index (χ2v) is 5.73. The minimum absolute atomic E-state index is 0.0198. The molecule has 2 N–H and O–H groups in total. The lowest BCUT2D eigenvalue weighted by Gasteiger charge is -2.06. The Morgan fingerprint density at radius 2 is 2.04 bits per heavy atom. The number of aromatic hydroxyl groups is 1. The summed E-state index contributed by atoms with van der Waals surface area (Å²) in [6, 6.07) is 12.8. The van der Waals surface area contributed by atoms with Gasteiger partial charge in [-0.05, 0) is 48.5 Å². The molecule has 124 valence electrons. The summed E-state index contributed by atoms with van der Waals surface area (Å²) in [4.78, 5) is 16.4. The van der Waals surface area contributed by atoms with Crippen LogP contribution in [-0.2, 0) is 0 Å². The van der Waals surface area contributed by atoms with Crippen LogP contribution in [0.1, 0.15) is 10.6 Å². The summed E-state index contributed by atoms with van der Waals surface area (Å²) >= 11 is 5.95. The Hall–Kier alpha value is -3.25. The van der Waals surface area contributed by atoms with Crippen LogP contribution in [0.25, 0.3) is 22.6 Å². The number of rotatable bonds is 3. The molecule has 25 heavy (non-hydrogen) atoms. The summed E-state index contributed by atoms with van der Waals surface area (Å²) in [7, 11) is 0. The molecule has 0 fully saturated rings. The number of oxazole rings is 1. The Morgan fingerprint density at radius 3 is 2.84 bits per heavy atom. The molecule has 4 rings (SSSR count). The first kappa shape index (κ1) is 15.3. The summed E-state index contributed by atoms with van der Waals surface area (Å²) in [6.45, 7) is 0. The minimum Gasteiger partial charge on any atom is -0.507 e. The zero-order valence-electron chi connectivity index (χ0n) is 12.7. The van der Waals surface area contributed by atoms with Crippen LogP contribution < -0.4 is 5.32 Å². The van der Waals surface area contributed by atoms with E-state index in [2.05, 4.69) is 10.3 Å². The van der Waals surface area contributed by atoms with Gasteiger partial charge in [0.25, 0.3) is 5.91 Å². The number of carbonyl (C=O) groups is 1. The third-order valence-corrected chi connectivity index (χ3v) is 3.81. The molecule has 2 aromatic heterocycles. The van der Waals surface area contributed by atoms with E-state index in [0.29, 0.717) is 27.4 Å². The lowest BCUT2D eigenvalue weighted by molar-refractivity contribution is 0.0996. The number of benzene rings is 2. The summed E-state index contributed by atoms with van der Waals surface area (Å²) < 4.78 is 10.7. The van der Waals surface area contributed by atoms with Crippen molar-refractivity contribution in [3.63, 3.8) is 0 Å². The molecule has 0 aliphatic carbocycles. The van der Waals surface area contributed by atoms with Crippen molar-refractivity contribution in [3.05, 3.63) is 65.6 Å². The summed E-state index contributed by atoms with van der Waals surface area (Å²) in [5.74, 6) is -0.00497. The van der Waals surface area contributed by atoms with Crippen LogP contribution in [0.15, 0.2) is 63.6 Å². The second-order valence-electron chi connectivity index (χ2n) is 5.29. The highest BCUT2D eigenvalue weighted by Crippen LogP contribution is 2.34. The Morgan fingerprint density at radius 1 is 1.16 bits per heavy atom. The monoisotopic (exact) mass is 354 g/mol. The maximum atomic E-state index is 12.1. The van der Waals surface area contributed by atoms with Crippen molar-refractivity contribution in [3.8, 4) is 17.2 Å². The number of phenolic OH excluding ortho intramolecular Hbond substituents is 1. The van der Waals surface area contributed by atoms with Gasteiger partial charge in [-0.2, -0.15) is 0 Å². The molecule has 7 heteroatoms. The number of fused-ring (bicyclic) bond motifs is 1. The number of nitrogens with zero attached hydrogens (tertiary/aromatic N) is 1. The molecule has 6 nitrogen and oxygen atoms in total. The number of carbonyl (C=O) groups excluding carboxylic acids is 1. The molecule has 4 aromatic rings. The van der Waals surface area contributed by atoms with Crippen molar-refractivity contribution >= 4 is 34.3 Å². The number of hydrogen-bond donors (Lipinski definition) is 2. The fourth-order valence-corrected chi connectivity index (χ4v) is 2.57. The predicted molar refractivity (Wildman–Crippen MR) is 92.8 cm³/mol. The average molecular weight is 355 g/mol. The van der Waals surface area contributed by atoms with Gasteiger partial charge in [0.1, 0.15) is 11.3 Å². The normalized spacial score (nSPS) is 10.9. The quantitative estimate of drug-likeness (QED) is 0.520. The highest BCUT2D eigenvalue weighted by Gasteiger charge is 2.15. The lowest BCUT2D eigenvalue weighted by atomic mass is 10.1. The molecule has 0 aliphatic heterocycles. The highest BCUT2D eigenvalue weighted by molar-refractivity contribution is 6.31. The molecule has 0 spiro atoms. The predicted octanol–water partition coefficient (Wildman–Crippen LogP) is 4.70. The smallest absolute Gasteiger partial charge is 0.291 e. The van der Waals surface area contributed by atoms with Crippen LogP contribution in [0.3, 0.4) is 0 Å². The number of furan rings is 1. The zero-order valence-corrected chi connectivity index (χ0v) is 13.4. The van der Waals surface area contributed by atoms with E-state index in [1.807, 2.05) is 0 Å². The van der Waals surface area contributed by atoms with Gasteiger partial charge in [0.2, 0.25) is 5.89 Å². The zero-order chi connectivity index (χ0) is 17.4. The number of halogens is 1. The van der Waals surface area contributed by atoms with Crippen LogP contribution in [0.5, 0.6) is 5.75 Å². The molecule has 0 saturated heterocycles. The molecule has 0 saturated carbocycles. The number of anilines is 1. The van der Waals surface area contributed by atoms with Gasteiger partial charge in [-0.1, -0.05) is 11.6 Å². The molecular formula is C18H11ClN2O4. The molecule has 0 atom stereocenters. The maximum absolute atomic E-state index is 12.1. The van der Waals surface area contributed by atoms with E-state index < -0.39 is 5.91 Å². The molecule has 0 bridgehead atoms. The Kier molecular flexibility index (Phi) is 3.66. The largest absolute Gasteiger partial charge is 0.507 e. The first-order valence-corrected chi connectivity index (χ1v) is 7.72. The number of aromatic nitrogens is 1. The summed E-state index contributed by atoms with van der Waals surface area (Å²) in [6.07, 6.45) is 1.42. The van der Waals surface area contributed by atoms with Gasteiger partial charge >= 0.3 is 0 Å². The van der Waals surface area contributed by atoms with E-state index in [-0.39, 0.29) is 17.4 Å². The molecule has 0 unspecified atom stereocenters. The molecule has 0 radical (unpaired) electrons. The van der Waals surface area contributed by atoms with Crippen molar-refractivity contribution < 1.29 is 18.7 Å². The minimum atomic E-state index is -0.397. The van der Waals surface area contributed by atoms with Gasteiger partial charge in [-0.3, -0.25) is 4.79 Å². The maximum Gasteiger partial charge on any atom is 0.291 e. The van der Waals surface area contributed by atoms with E-state index in [4.69, 9.17) is 20.4 Å². The fourth-order valence-electron chi connectivity index (χ4n) is 2.40. The number of phenols is 1. The van der Waals surface area contributed by atoms with Crippen LogP contribution >= 0.6 is 11.6 Å². The van der Waals surface area contributed by atoms with Gasteiger partial charge in [0.15, 0.2) is 11.3 Å². The van der Waals surface area contributed by atoms with Crippen LogP contribution in [0, 0.1) is 0 Å². The summed E-state index contributed by atoms with van der Waals surface area (Å²) in [5, 5.41) is 13.4. The highest BCUT2D eigenvalue weighted by atomic mass is 35.5. The van der Waals surface area contributed by atoms with E-state index in [9.17, 15) is 9.90 Å². The number of hydrogen-bond acceptors (Lipinski definition) is 5. The van der Waals surface area contributed by atoms with Crippen LogP contribution in [-0.4, -0.2) is 16.0 Å². The van der Waals surface area contributed by atoms with Crippen molar-refractivity contribution in [2.75, 3.05) is 5.32 Å². The van der Waals surface area contributed by atoms with E-state index in [1.54, 1.807) is 42.5 Å². The second kappa shape index (κ2) is 5.99. The van der Waals surface area contributed by atoms with E-state index in [0.717, 1.165) is 0 Å². The standard InChI is InChI=1S/C18H11ClN2O4/c19-10-3-6-15-13(8-10)21-18(25-15)12-9-11(4-5-14(12)22)20-17(23)16-2-1-7-24-16/h1-9,22H,(H,20,23). The average Bonchev–Trinajstić information content (AvgIpc) is 3.25. The van der Waals surface area contributed by atoms with Gasteiger partial charge in [-0.15, -0.1) is 0 Å². The number of amides is 1. The Labute approximate surface area is 146 Å². The Bertz CT molecular complexity index is 1070. The Balaban J connectivity index is 1.70. The molecular weight excluding hydrogens is 344 g/mol. The molecule has 1 amide bonds. The SMILES string of the molecule is O=C(Nc1ccc(O)c(-c2nc3cc(Cl)ccc3o2)c1)c1ccco1. The van der Waals surface area contributed by atoms with Gasteiger partial charge in [-0.25, -0.2) is 4.98 Å². The third-order valence-electron chi connectivity index (χ3n) is 3.58. The molecule has 2 heterocycles. The van der Waals surface area contributed by atoms with Gasteiger partial charge in [0, 0.05) is 10.7 Å². The van der Waals surface area contributed by atoms with Gasteiger partial charge < -0.3 is 19.3 Å². The van der Waals surface area contributed by atoms with Gasteiger partial charge in [0.05, 0.1) is 11.8 Å². The van der Waals surface area contributed by atoms with Crippen LogP contribution in [0.2, 0.25) is 5.02 Å². The summed E-state index contributed by atoms with van der Waals surface area (Å²) in [5.41, 5.74) is 1.94. The fraction of sp³-hybridized carbons (Fsp3) is 0. The van der Waals surface area contributed by atoms with Crippen molar-refractivity contribution in [2.45, 2.75) is 0 Å². The van der Waals surface area contributed by atoms with Crippen molar-refractivity contribution in [1.29, 1.82) is 0 Å². The lowest BCUT2D eigenvalue weighted by Crippen LogP contribution is -2.10. The van der Waals surface area contributed by atoms with Crippen LogP contribution in [0.4, 0.5) is 5.69 Å². The first-order valence-electron chi connectivity index (χ1n) is 7.34.